The van der Waals surface area contributed by atoms with E-state index in [2.05, 4.69) is 15.5 Å². The van der Waals surface area contributed by atoms with Gasteiger partial charge >= 0.3 is 0 Å². The highest BCUT2D eigenvalue weighted by atomic mass is 32.2. The number of aryl methyl sites for hydroxylation is 1. The minimum Gasteiger partial charge on any atom is -0.351 e. The molecular weight excluding hydrogens is 424 g/mol. The minimum atomic E-state index is -3.67. The van der Waals surface area contributed by atoms with E-state index in [0.717, 1.165) is 4.88 Å². The fourth-order valence-corrected chi connectivity index (χ4v) is 5.61. The van der Waals surface area contributed by atoms with Crippen LogP contribution in [0.2, 0.25) is 0 Å². The lowest BCUT2D eigenvalue weighted by molar-refractivity contribution is -0.126. The van der Waals surface area contributed by atoms with E-state index in [1.54, 1.807) is 42.5 Å². The highest BCUT2D eigenvalue weighted by Gasteiger charge is 2.32. The van der Waals surface area contributed by atoms with E-state index < -0.39 is 10.0 Å². The van der Waals surface area contributed by atoms with Crippen molar-refractivity contribution in [1.29, 1.82) is 0 Å². The van der Waals surface area contributed by atoms with Gasteiger partial charge in [0.25, 0.3) is 0 Å². The van der Waals surface area contributed by atoms with Crippen LogP contribution in [0.4, 0.5) is 0 Å². The van der Waals surface area contributed by atoms with Gasteiger partial charge in [0.15, 0.2) is 0 Å². The van der Waals surface area contributed by atoms with Crippen LogP contribution in [-0.2, 0) is 21.4 Å². The molecule has 0 unspecified atom stereocenters. The highest BCUT2D eigenvalue weighted by molar-refractivity contribution is 7.89. The molecule has 1 N–H and O–H groups in total. The number of hydrogen-bond donors (Lipinski definition) is 1. The third-order valence-corrected chi connectivity index (χ3v) is 7.87. The fraction of sp³-hybridized carbons (Fsp3) is 0.350. The number of amides is 1. The number of nitrogens with one attached hydrogen (secondary N) is 1. The molecule has 2 aromatic heterocycles. The van der Waals surface area contributed by atoms with Gasteiger partial charge in [0.1, 0.15) is 0 Å². The van der Waals surface area contributed by atoms with Gasteiger partial charge in [0, 0.05) is 36.4 Å². The molecule has 0 aliphatic carbocycles. The number of carbonyl (C=O) groups excluding carboxylic acids is 1. The SMILES string of the molecule is Cc1nc(-c2cccc(S(=O)(=O)N3CCC(C(=O)NCc4cccs4)CC3)c2)no1. The summed E-state index contributed by atoms with van der Waals surface area (Å²) in [7, 11) is -3.67. The number of thiophene rings is 1. The Labute approximate surface area is 179 Å². The van der Waals surface area contributed by atoms with Crippen LogP contribution in [0.5, 0.6) is 0 Å². The molecular formula is C20H22N4O4S2. The number of sulfonamides is 1. The van der Waals surface area contributed by atoms with E-state index in [1.165, 1.54) is 4.31 Å². The third kappa shape index (κ3) is 4.45. The van der Waals surface area contributed by atoms with Crippen LogP contribution in [0, 0.1) is 12.8 Å². The predicted octanol–water partition coefficient (Wildman–Crippen LogP) is 2.82. The van der Waals surface area contributed by atoms with Gasteiger partial charge in [-0.05, 0) is 36.4 Å². The van der Waals surface area contributed by atoms with Gasteiger partial charge in [0.2, 0.25) is 27.6 Å². The van der Waals surface area contributed by atoms with Crippen molar-refractivity contribution in [3.8, 4) is 11.4 Å². The van der Waals surface area contributed by atoms with E-state index in [4.69, 9.17) is 4.52 Å². The topological polar surface area (TPSA) is 105 Å². The van der Waals surface area contributed by atoms with Gasteiger partial charge in [-0.1, -0.05) is 23.4 Å². The number of benzene rings is 1. The zero-order valence-electron chi connectivity index (χ0n) is 16.4. The van der Waals surface area contributed by atoms with E-state index in [9.17, 15) is 13.2 Å². The molecule has 4 rings (SSSR count). The Morgan fingerprint density at radius 3 is 2.73 bits per heavy atom. The number of rotatable bonds is 6. The van der Waals surface area contributed by atoms with Crippen LogP contribution in [0.1, 0.15) is 23.6 Å². The predicted molar refractivity (Wildman–Crippen MR) is 112 cm³/mol. The number of nitrogens with zero attached hydrogens (tertiary/aromatic N) is 3. The molecule has 1 saturated heterocycles. The molecule has 3 aromatic rings. The van der Waals surface area contributed by atoms with E-state index in [0.29, 0.717) is 49.8 Å². The van der Waals surface area contributed by atoms with Crippen LogP contribution in [0.3, 0.4) is 0 Å². The number of piperidine rings is 1. The smallest absolute Gasteiger partial charge is 0.243 e. The Hall–Kier alpha value is -2.56. The van der Waals surface area contributed by atoms with Crippen LogP contribution in [0.15, 0.2) is 51.2 Å². The lowest BCUT2D eigenvalue weighted by atomic mass is 9.97. The largest absolute Gasteiger partial charge is 0.351 e. The summed E-state index contributed by atoms with van der Waals surface area (Å²) in [6, 6.07) is 10.5. The van der Waals surface area contributed by atoms with Gasteiger partial charge in [0.05, 0.1) is 11.4 Å². The van der Waals surface area contributed by atoms with Gasteiger partial charge in [-0.2, -0.15) is 9.29 Å². The first kappa shape index (κ1) is 20.7. The standard InChI is InChI=1S/C20H22N4O4S2/c1-14-22-19(23-28-14)16-4-2-6-18(12-16)30(26,27)24-9-7-15(8-10-24)20(25)21-13-17-5-3-11-29-17/h2-6,11-12,15H,7-10,13H2,1H3,(H,21,25). The first-order valence-electron chi connectivity index (χ1n) is 9.64. The summed E-state index contributed by atoms with van der Waals surface area (Å²) < 4.78 is 32.6. The summed E-state index contributed by atoms with van der Waals surface area (Å²) in [5, 5.41) is 8.77. The lowest BCUT2D eigenvalue weighted by Gasteiger charge is -2.30. The molecule has 1 amide bonds. The van der Waals surface area contributed by atoms with Gasteiger partial charge in [-0.15, -0.1) is 11.3 Å². The molecule has 0 spiro atoms. The van der Waals surface area contributed by atoms with Crippen molar-refractivity contribution >= 4 is 27.3 Å². The Bertz CT molecular complexity index is 1120. The van der Waals surface area contributed by atoms with Crippen LogP contribution in [-0.4, -0.2) is 41.9 Å². The molecule has 0 radical (unpaired) electrons. The molecule has 0 atom stereocenters. The van der Waals surface area contributed by atoms with Gasteiger partial charge in [-0.25, -0.2) is 8.42 Å². The average Bonchev–Trinajstić information content (AvgIpc) is 3.44. The summed E-state index contributed by atoms with van der Waals surface area (Å²) in [5.41, 5.74) is 0.579. The van der Waals surface area contributed by atoms with Crippen molar-refractivity contribution in [2.24, 2.45) is 5.92 Å². The summed E-state index contributed by atoms with van der Waals surface area (Å²) in [4.78, 5) is 17.9. The number of carbonyl (C=O) groups is 1. The monoisotopic (exact) mass is 446 g/mol. The summed E-state index contributed by atoms with van der Waals surface area (Å²) in [6.07, 6.45) is 0.998. The van der Waals surface area contributed by atoms with E-state index in [-0.39, 0.29) is 16.7 Å². The molecule has 0 bridgehead atoms. The van der Waals surface area contributed by atoms with Crippen molar-refractivity contribution < 1.29 is 17.7 Å². The fourth-order valence-electron chi connectivity index (χ4n) is 3.45. The zero-order valence-corrected chi connectivity index (χ0v) is 18.1. The summed E-state index contributed by atoms with van der Waals surface area (Å²) in [5.74, 6) is 0.573. The average molecular weight is 447 g/mol. The maximum Gasteiger partial charge on any atom is 0.243 e. The quantitative estimate of drug-likeness (QED) is 0.624. The van der Waals surface area contributed by atoms with E-state index in [1.807, 2.05) is 17.5 Å². The lowest BCUT2D eigenvalue weighted by Crippen LogP contribution is -2.42. The number of hydrogen-bond acceptors (Lipinski definition) is 7. The Morgan fingerprint density at radius 2 is 2.07 bits per heavy atom. The second-order valence-electron chi connectivity index (χ2n) is 7.14. The number of aromatic nitrogens is 2. The third-order valence-electron chi connectivity index (χ3n) is 5.10. The zero-order chi connectivity index (χ0) is 21.1. The van der Waals surface area contributed by atoms with Crippen LogP contribution < -0.4 is 5.32 Å². The van der Waals surface area contributed by atoms with Crippen LogP contribution in [0.25, 0.3) is 11.4 Å². The molecule has 158 valence electrons. The molecule has 0 saturated carbocycles. The first-order chi connectivity index (χ1) is 14.4. The maximum atomic E-state index is 13.1. The summed E-state index contributed by atoms with van der Waals surface area (Å²) in [6.45, 7) is 2.81. The molecule has 8 nitrogen and oxygen atoms in total. The van der Waals surface area contributed by atoms with Crippen molar-refractivity contribution in [1.82, 2.24) is 19.8 Å². The maximum absolute atomic E-state index is 13.1. The van der Waals surface area contributed by atoms with Crippen molar-refractivity contribution in [2.45, 2.75) is 31.2 Å². The normalized spacial score (nSPS) is 15.9. The second kappa shape index (κ2) is 8.66. The van der Waals surface area contributed by atoms with Crippen molar-refractivity contribution in [2.75, 3.05) is 13.1 Å². The Balaban J connectivity index is 1.39. The summed E-state index contributed by atoms with van der Waals surface area (Å²) >= 11 is 1.60. The molecule has 10 heteroatoms. The molecule has 30 heavy (non-hydrogen) atoms. The second-order valence-corrected chi connectivity index (χ2v) is 10.1. The molecule has 1 fully saturated rings. The van der Waals surface area contributed by atoms with Crippen molar-refractivity contribution in [3.05, 3.63) is 52.5 Å². The van der Waals surface area contributed by atoms with Gasteiger partial charge < -0.3 is 9.84 Å². The Kier molecular flexibility index (Phi) is 5.98. The molecule has 1 aliphatic rings. The van der Waals surface area contributed by atoms with Gasteiger partial charge in [-0.3, -0.25) is 4.79 Å². The molecule has 1 aliphatic heterocycles. The van der Waals surface area contributed by atoms with Crippen LogP contribution >= 0.6 is 11.3 Å². The first-order valence-corrected chi connectivity index (χ1v) is 12.0. The van der Waals surface area contributed by atoms with Crippen molar-refractivity contribution in [3.63, 3.8) is 0 Å². The molecule has 3 heterocycles. The Morgan fingerprint density at radius 1 is 1.27 bits per heavy atom. The highest BCUT2D eigenvalue weighted by Crippen LogP contribution is 2.26. The minimum absolute atomic E-state index is 0.0186. The van der Waals surface area contributed by atoms with E-state index >= 15 is 0 Å². The molecule has 1 aromatic carbocycles.